The lowest BCUT2D eigenvalue weighted by molar-refractivity contribution is -0.105. The third-order valence-electron chi connectivity index (χ3n) is 2.62. The number of carbonyl (C=O) groups is 2. The van der Waals surface area contributed by atoms with Gasteiger partial charge in [-0.2, -0.15) is 0 Å². The number of aldehydes is 2. The highest BCUT2D eigenvalue weighted by Gasteiger charge is 1.80. The fourth-order valence-electron chi connectivity index (χ4n) is 1.01. The summed E-state index contributed by atoms with van der Waals surface area (Å²) in [5, 5.41) is 0. The summed E-state index contributed by atoms with van der Waals surface area (Å²) in [6, 6.07) is 0. The van der Waals surface area contributed by atoms with Gasteiger partial charge in [-0.3, -0.25) is 9.59 Å². The van der Waals surface area contributed by atoms with E-state index < -0.39 is 0 Å². The molecule has 25 heavy (non-hydrogen) atoms. The Hall–Kier alpha value is -2.62. The quantitative estimate of drug-likeness (QED) is 0.265. The van der Waals surface area contributed by atoms with Crippen LogP contribution in [0.2, 0.25) is 0 Å². The maximum Gasteiger partial charge on any atom is 0.145 e. The predicted octanol–water partition coefficient (Wildman–Crippen LogP) is 5.11. The Morgan fingerprint density at radius 1 is 0.600 bits per heavy atom. The van der Waals surface area contributed by atoms with E-state index in [9.17, 15) is 9.59 Å². The van der Waals surface area contributed by atoms with Crippen LogP contribution in [0.3, 0.4) is 0 Å². The SMILES string of the molecule is C.CO/C(C)=C/C=C/C=C(\C)C=O.COC(C)=C/C=C/C=C(C)C=O. The van der Waals surface area contributed by atoms with E-state index in [-0.39, 0.29) is 7.43 Å². The molecule has 0 amide bonds. The van der Waals surface area contributed by atoms with Gasteiger partial charge in [0.05, 0.1) is 25.7 Å². The highest BCUT2D eigenvalue weighted by Crippen LogP contribution is 1.94. The van der Waals surface area contributed by atoms with Crippen LogP contribution in [-0.4, -0.2) is 26.8 Å². The molecule has 0 unspecified atom stereocenters. The summed E-state index contributed by atoms with van der Waals surface area (Å²) < 4.78 is 9.81. The molecule has 0 saturated carbocycles. The number of ether oxygens (including phenoxy) is 2. The van der Waals surface area contributed by atoms with E-state index in [2.05, 4.69) is 0 Å². The Balaban J connectivity index is -0.000000372. The van der Waals surface area contributed by atoms with E-state index in [0.29, 0.717) is 11.1 Å². The zero-order chi connectivity index (χ0) is 18.8. The van der Waals surface area contributed by atoms with E-state index in [0.717, 1.165) is 24.1 Å². The topological polar surface area (TPSA) is 52.6 Å². The first-order valence-electron chi connectivity index (χ1n) is 7.43. The zero-order valence-electron chi connectivity index (χ0n) is 15.4. The summed E-state index contributed by atoms with van der Waals surface area (Å²) in [4.78, 5) is 20.3. The van der Waals surface area contributed by atoms with E-state index in [4.69, 9.17) is 9.47 Å². The fraction of sp³-hybridized carbons (Fsp3) is 0.333. The van der Waals surface area contributed by atoms with Gasteiger partial charge in [0.1, 0.15) is 12.6 Å². The molecule has 0 aromatic heterocycles. The van der Waals surface area contributed by atoms with Gasteiger partial charge in [0.15, 0.2) is 0 Å². The van der Waals surface area contributed by atoms with Gasteiger partial charge in [0, 0.05) is 0 Å². The van der Waals surface area contributed by atoms with Gasteiger partial charge in [-0.25, -0.2) is 0 Å². The van der Waals surface area contributed by atoms with E-state index >= 15 is 0 Å². The van der Waals surface area contributed by atoms with Crippen molar-refractivity contribution in [1.82, 2.24) is 0 Å². The maximum atomic E-state index is 10.1. The third-order valence-corrected chi connectivity index (χ3v) is 2.62. The Morgan fingerprint density at radius 3 is 1.12 bits per heavy atom. The number of carbonyl (C=O) groups excluding carboxylic acids is 2. The largest absolute Gasteiger partial charge is 0.501 e. The van der Waals surface area contributed by atoms with Crippen molar-refractivity contribution in [3.63, 3.8) is 0 Å². The lowest BCUT2D eigenvalue weighted by Crippen LogP contribution is -1.76. The molecule has 0 spiro atoms. The molecule has 0 N–H and O–H groups in total. The van der Waals surface area contributed by atoms with Gasteiger partial charge in [-0.05, 0) is 51.0 Å². The molecule has 0 aliphatic carbocycles. The van der Waals surface area contributed by atoms with Gasteiger partial charge in [-0.15, -0.1) is 0 Å². The molecular weight excluding hydrogens is 316 g/mol. The van der Waals surface area contributed by atoms with Gasteiger partial charge >= 0.3 is 0 Å². The fourth-order valence-corrected chi connectivity index (χ4v) is 1.01. The van der Waals surface area contributed by atoms with Gasteiger partial charge in [-0.1, -0.05) is 43.9 Å². The molecule has 0 aromatic rings. The number of rotatable bonds is 8. The van der Waals surface area contributed by atoms with E-state index in [1.807, 2.05) is 38.2 Å². The second-order valence-corrected chi connectivity index (χ2v) is 4.79. The number of hydrogen-bond donors (Lipinski definition) is 0. The second kappa shape index (κ2) is 19.4. The van der Waals surface area contributed by atoms with Crippen LogP contribution >= 0.6 is 0 Å². The monoisotopic (exact) mass is 348 g/mol. The Labute approximate surface area is 152 Å². The van der Waals surface area contributed by atoms with Crippen molar-refractivity contribution in [3.05, 3.63) is 71.3 Å². The molecule has 0 rings (SSSR count). The van der Waals surface area contributed by atoms with Crippen LogP contribution in [0.4, 0.5) is 0 Å². The van der Waals surface area contributed by atoms with Crippen molar-refractivity contribution in [3.8, 4) is 0 Å². The first-order valence-corrected chi connectivity index (χ1v) is 7.43. The van der Waals surface area contributed by atoms with Crippen LogP contribution in [0.15, 0.2) is 71.3 Å². The molecule has 0 aliphatic heterocycles. The van der Waals surface area contributed by atoms with Crippen molar-refractivity contribution < 1.29 is 19.1 Å². The highest BCUT2D eigenvalue weighted by molar-refractivity contribution is 5.73. The van der Waals surface area contributed by atoms with Crippen molar-refractivity contribution in [2.24, 2.45) is 0 Å². The van der Waals surface area contributed by atoms with Crippen LogP contribution in [0.5, 0.6) is 0 Å². The maximum absolute atomic E-state index is 10.1. The van der Waals surface area contributed by atoms with E-state index in [1.54, 1.807) is 52.4 Å². The summed E-state index contributed by atoms with van der Waals surface area (Å²) >= 11 is 0. The summed E-state index contributed by atoms with van der Waals surface area (Å²) in [6.45, 7) is 7.23. The normalized spacial score (nSPS) is 13.0. The molecule has 0 radical (unpaired) electrons. The van der Waals surface area contributed by atoms with Gasteiger partial charge in [0.2, 0.25) is 0 Å². The predicted molar refractivity (Wildman–Crippen MR) is 106 cm³/mol. The Bertz CT molecular complexity index is 494. The van der Waals surface area contributed by atoms with E-state index in [1.165, 1.54) is 0 Å². The molecule has 4 heteroatoms. The number of methoxy groups -OCH3 is 2. The molecule has 0 heterocycles. The first-order chi connectivity index (χ1) is 11.4. The molecule has 4 nitrogen and oxygen atoms in total. The number of hydrogen-bond acceptors (Lipinski definition) is 4. The average Bonchev–Trinajstić information content (AvgIpc) is 2.61. The number of allylic oxidation sites excluding steroid dienone is 12. The van der Waals surface area contributed by atoms with Crippen molar-refractivity contribution in [2.75, 3.05) is 14.2 Å². The minimum Gasteiger partial charge on any atom is -0.501 e. The molecule has 140 valence electrons. The van der Waals surface area contributed by atoms with Crippen LogP contribution in [0.25, 0.3) is 0 Å². The molecule has 0 aliphatic rings. The molecule has 0 atom stereocenters. The van der Waals surface area contributed by atoms with Gasteiger partial charge in [0.25, 0.3) is 0 Å². The smallest absolute Gasteiger partial charge is 0.145 e. The summed E-state index contributed by atoms with van der Waals surface area (Å²) in [5.41, 5.74) is 1.41. The second-order valence-electron chi connectivity index (χ2n) is 4.79. The van der Waals surface area contributed by atoms with Gasteiger partial charge < -0.3 is 9.47 Å². The van der Waals surface area contributed by atoms with Crippen LogP contribution in [-0.2, 0) is 19.1 Å². The van der Waals surface area contributed by atoms with Crippen molar-refractivity contribution >= 4 is 12.6 Å². The lowest BCUT2D eigenvalue weighted by atomic mass is 10.3. The van der Waals surface area contributed by atoms with Crippen LogP contribution in [0, 0.1) is 0 Å². The first kappa shape index (κ1) is 27.2. The zero-order valence-corrected chi connectivity index (χ0v) is 15.4. The molecular formula is C21H32O4. The minimum absolute atomic E-state index is 0. The third kappa shape index (κ3) is 21.4. The van der Waals surface area contributed by atoms with Crippen molar-refractivity contribution in [1.29, 1.82) is 0 Å². The Kier molecular flexibility index (Phi) is 21.2. The summed E-state index contributed by atoms with van der Waals surface area (Å²) in [5.74, 6) is 1.67. The summed E-state index contributed by atoms with van der Waals surface area (Å²) in [6.07, 6.45) is 16.0. The van der Waals surface area contributed by atoms with Crippen molar-refractivity contribution in [2.45, 2.75) is 35.1 Å². The summed E-state index contributed by atoms with van der Waals surface area (Å²) in [7, 11) is 3.23. The van der Waals surface area contributed by atoms with Crippen LogP contribution < -0.4 is 0 Å². The molecule has 0 bridgehead atoms. The lowest BCUT2D eigenvalue weighted by Gasteiger charge is -1.93. The molecule has 0 saturated heterocycles. The highest BCUT2D eigenvalue weighted by atomic mass is 16.5. The Morgan fingerprint density at radius 2 is 0.880 bits per heavy atom. The molecule has 0 fully saturated rings. The average molecular weight is 348 g/mol. The standard InChI is InChI=1S/2C10H14O2.CH4/c2*1-9(8-11)6-4-5-7-10(2)12-3;/h2*4-8H,1-3H3;1H4/b5-4+,9-6?,10-7?;5-4+,9-6+,10-7+;. The van der Waals surface area contributed by atoms with Crippen LogP contribution in [0.1, 0.15) is 35.1 Å². The molecule has 0 aromatic carbocycles. The minimum atomic E-state index is 0.